The van der Waals surface area contributed by atoms with Crippen molar-refractivity contribution in [2.45, 2.75) is 41.0 Å². The molecule has 0 aliphatic rings. The highest BCUT2D eigenvalue weighted by Crippen LogP contribution is 2.04. The minimum absolute atomic E-state index is 0.562. The molecule has 13 heavy (non-hydrogen) atoms. The van der Waals surface area contributed by atoms with Crippen LogP contribution in [0.25, 0.3) is 0 Å². The van der Waals surface area contributed by atoms with Crippen LogP contribution in [0.4, 0.5) is 0 Å². The SMILES string of the molecule is CC.CC.CCc1ccc(Cl)nc1. The highest BCUT2D eigenvalue weighted by atomic mass is 35.5. The molecule has 0 bridgehead atoms. The summed E-state index contributed by atoms with van der Waals surface area (Å²) in [6, 6.07) is 3.79. The smallest absolute Gasteiger partial charge is 0.129 e. The Bertz CT molecular complexity index is 182. The summed E-state index contributed by atoms with van der Waals surface area (Å²) in [4.78, 5) is 3.92. The second kappa shape index (κ2) is 11.4. The summed E-state index contributed by atoms with van der Waals surface area (Å²) < 4.78 is 0. The number of pyridine rings is 1. The van der Waals surface area contributed by atoms with Crippen molar-refractivity contribution >= 4 is 11.6 Å². The normalized spacial score (nSPS) is 7.54. The highest BCUT2D eigenvalue weighted by Gasteiger charge is 1.87. The van der Waals surface area contributed by atoms with Gasteiger partial charge in [0.15, 0.2) is 0 Å². The quantitative estimate of drug-likeness (QED) is 0.616. The van der Waals surface area contributed by atoms with Gasteiger partial charge in [-0.15, -0.1) is 0 Å². The molecule has 0 saturated carbocycles. The van der Waals surface area contributed by atoms with E-state index in [0.29, 0.717) is 5.15 Å². The zero-order chi connectivity index (χ0) is 10.7. The van der Waals surface area contributed by atoms with Crippen LogP contribution in [0.5, 0.6) is 0 Å². The number of rotatable bonds is 1. The number of halogens is 1. The Morgan fingerprint density at radius 1 is 1.15 bits per heavy atom. The van der Waals surface area contributed by atoms with Gasteiger partial charge >= 0.3 is 0 Å². The van der Waals surface area contributed by atoms with Crippen molar-refractivity contribution in [3.63, 3.8) is 0 Å². The third-order valence-electron chi connectivity index (χ3n) is 1.20. The summed E-state index contributed by atoms with van der Waals surface area (Å²) in [6.45, 7) is 10.1. The molecule has 0 atom stereocenters. The van der Waals surface area contributed by atoms with E-state index in [-0.39, 0.29) is 0 Å². The van der Waals surface area contributed by atoms with Crippen LogP contribution in [0.2, 0.25) is 5.15 Å². The second-order valence-electron chi connectivity index (χ2n) is 1.84. The number of aryl methyl sites for hydroxylation is 1. The zero-order valence-corrected chi connectivity index (χ0v) is 10.0. The first-order chi connectivity index (χ1) is 6.33. The lowest BCUT2D eigenvalue weighted by atomic mass is 10.2. The Kier molecular flexibility index (Phi) is 13.1. The van der Waals surface area contributed by atoms with E-state index in [1.165, 1.54) is 5.56 Å². The van der Waals surface area contributed by atoms with Gasteiger partial charge in [-0.25, -0.2) is 4.98 Å². The average molecular weight is 202 g/mol. The van der Waals surface area contributed by atoms with Gasteiger partial charge in [0.25, 0.3) is 0 Å². The molecule has 76 valence electrons. The van der Waals surface area contributed by atoms with Gasteiger partial charge in [-0.1, -0.05) is 52.3 Å². The van der Waals surface area contributed by atoms with E-state index >= 15 is 0 Å². The van der Waals surface area contributed by atoms with Crippen LogP contribution in [0, 0.1) is 0 Å². The van der Waals surface area contributed by atoms with Gasteiger partial charge < -0.3 is 0 Å². The summed E-state index contributed by atoms with van der Waals surface area (Å²) in [5.41, 5.74) is 1.22. The molecule has 0 unspecified atom stereocenters. The first kappa shape index (κ1) is 14.9. The standard InChI is InChI=1S/C7H8ClN.2C2H6/c1-2-6-3-4-7(8)9-5-6;2*1-2/h3-5H,2H2,1H3;2*1-2H3. The molecule has 1 nitrogen and oxygen atoms in total. The molecular weight excluding hydrogens is 182 g/mol. The minimum Gasteiger partial charge on any atom is -0.244 e. The van der Waals surface area contributed by atoms with Crippen LogP contribution in [-0.2, 0) is 6.42 Å². The number of hydrogen-bond donors (Lipinski definition) is 0. The Hall–Kier alpha value is -0.560. The maximum atomic E-state index is 5.56. The van der Waals surface area contributed by atoms with Crippen molar-refractivity contribution in [3.8, 4) is 0 Å². The molecule has 0 spiro atoms. The van der Waals surface area contributed by atoms with Gasteiger partial charge in [0.2, 0.25) is 0 Å². The fourth-order valence-electron chi connectivity index (χ4n) is 0.616. The topological polar surface area (TPSA) is 12.9 Å². The molecular formula is C11H20ClN. The summed E-state index contributed by atoms with van der Waals surface area (Å²) in [5, 5.41) is 0.562. The van der Waals surface area contributed by atoms with Crippen LogP contribution in [-0.4, -0.2) is 4.98 Å². The zero-order valence-electron chi connectivity index (χ0n) is 9.26. The fraction of sp³-hybridized carbons (Fsp3) is 0.545. The van der Waals surface area contributed by atoms with Crippen molar-refractivity contribution in [2.24, 2.45) is 0 Å². The van der Waals surface area contributed by atoms with E-state index in [9.17, 15) is 0 Å². The Balaban J connectivity index is 0. The van der Waals surface area contributed by atoms with Crippen LogP contribution in [0.3, 0.4) is 0 Å². The van der Waals surface area contributed by atoms with Crippen molar-refractivity contribution < 1.29 is 0 Å². The highest BCUT2D eigenvalue weighted by molar-refractivity contribution is 6.29. The van der Waals surface area contributed by atoms with E-state index < -0.39 is 0 Å². The predicted molar refractivity (Wildman–Crippen MR) is 61.3 cm³/mol. The minimum atomic E-state index is 0.562. The van der Waals surface area contributed by atoms with Gasteiger partial charge in [0.05, 0.1) is 0 Å². The Labute approximate surface area is 87.2 Å². The average Bonchev–Trinajstić information content (AvgIpc) is 2.25. The second-order valence-corrected chi connectivity index (χ2v) is 2.23. The van der Waals surface area contributed by atoms with Crippen LogP contribution >= 0.6 is 11.6 Å². The van der Waals surface area contributed by atoms with E-state index in [1.807, 2.05) is 33.8 Å². The molecule has 0 aromatic carbocycles. The molecule has 1 rings (SSSR count). The number of aromatic nitrogens is 1. The monoisotopic (exact) mass is 201 g/mol. The van der Waals surface area contributed by atoms with Crippen LogP contribution < -0.4 is 0 Å². The lowest BCUT2D eigenvalue weighted by Gasteiger charge is -1.92. The largest absolute Gasteiger partial charge is 0.244 e. The molecule has 1 heterocycles. The molecule has 0 radical (unpaired) electrons. The summed E-state index contributed by atoms with van der Waals surface area (Å²) in [7, 11) is 0. The van der Waals surface area contributed by atoms with Crippen LogP contribution in [0.15, 0.2) is 18.3 Å². The summed E-state index contributed by atoms with van der Waals surface area (Å²) in [6.07, 6.45) is 2.81. The molecule has 2 heteroatoms. The van der Waals surface area contributed by atoms with Gasteiger partial charge in [0.1, 0.15) is 5.15 Å². The lowest BCUT2D eigenvalue weighted by Crippen LogP contribution is -1.80. The fourth-order valence-corrected chi connectivity index (χ4v) is 0.727. The van der Waals surface area contributed by atoms with E-state index in [0.717, 1.165) is 6.42 Å². The van der Waals surface area contributed by atoms with Gasteiger partial charge in [-0.2, -0.15) is 0 Å². The summed E-state index contributed by atoms with van der Waals surface area (Å²) in [5.74, 6) is 0. The lowest BCUT2D eigenvalue weighted by molar-refractivity contribution is 1.10. The maximum absolute atomic E-state index is 5.56. The molecule has 0 aliphatic carbocycles. The predicted octanol–water partition coefficient (Wildman–Crippen LogP) is 4.35. The van der Waals surface area contributed by atoms with Crippen molar-refractivity contribution in [1.82, 2.24) is 4.98 Å². The van der Waals surface area contributed by atoms with Crippen molar-refractivity contribution in [1.29, 1.82) is 0 Å². The summed E-state index contributed by atoms with van der Waals surface area (Å²) >= 11 is 5.56. The molecule has 1 aromatic rings. The van der Waals surface area contributed by atoms with Gasteiger partial charge in [0, 0.05) is 6.20 Å². The van der Waals surface area contributed by atoms with E-state index in [4.69, 9.17) is 11.6 Å². The van der Waals surface area contributed by atoms with Crippen molar-refractivity contribution in [3.05, 3.63) is 29.0 Å². The molecule has 0 aliphatic heterocycles. The van der Waals surface area contributed by atoms with E-state index in [1.54, 1.807) is 12.3 Å². The first-order valence-corrected chi connectivity index (χ1v) is 5.31. The molecule has 0 saturated heterocycles. The number of nitrogens with zero attached hydrogens (tertiary/aromatic N) is 1. The van der Waals surface area contributed by atoms with Crippen molar-refractivity contribution in [2.75, 3.05) is 0 Å². The van der Waals surface area contributed by atoms with Gasteiger partial charge in [-0.05, 0) is 18.1 Å². The van der Waals surface area contributed by atoms with E-state index in [2.05, 4.69) is 11.9 Å². The Morgan fingerprint density at radius 3 is 2.00 bits per heavy atom. The maximum Gasteiger partial charge on any atom is 0.129 e. The Morgan fingerprint density at radius 2 is 1.69 bits per heavy atom. The molecule has 0 amide bonds. The third-order valence-corrected chi connectivity index (χ3v) is 1.42. The van der Waals surface area contributed by atoms with Gasteiger partial charge in [-0.3, -0.25) is 0 Å². The molecule has 0 fully saturated rings. The molecule has 0 N–H and O–H groups in total. The molecule has 1 aromatic heterocycles. The number of hydrogen-bond acceptors (Lipinski definition) is 1. The first-order valence-electron chi connectivity index (χ1n) is 4.93. The third kappa shape index (κ3) is 7.79. The van der Waals surface area contributed by atoms with Crippen LogP contribution in [0.1, 0.15) is 40.2 Å².